The highest BCUT2D eigenvalue weighted by atomic mass is 32.2. The topological polar surface area (TPSA) is 82.3 Å². The van der Waals surface area contributed by atoms with Gasteiger partial charge in [-0.05, 0) is 41.1 Å². The molecule has 0 spiro atoms. The molecule has 7 nitrogen and oxygen atoms in total. The molecule has 1 aromatic heterocycles. The van der Waals surface area contributed by atoms with Crippen LogP contribution in [0.5, 0.6) is 5.75 Å². The molecule has 148 valence electrons. The Hall–Kier alpha value is -2.49. The van der Waals surface area contributed by atoms with Crippen molar-refractivity contribution < 1.29 is 19.0 Å². The molecule has 2 aromatic carbocycles. The summed E-state index contributed by atoms with van der Waals surface area (Å²) in [6, 6.07) is 12.1. The molecule has 1 heterocycles. The van der Waals surface area contributed by atoms with E-state index in [1.807, 2.05) is 25.1 Å². The lowest BCUT2D eigenvalue weighted by atomic mass is 10.2. The van der Waals surface area contributed by atoms with Crippen molar-refractivity contribution >= 4 is 11.8 Å². The van der Waals surface area contributed by atoms with Gasteiger partial charge in [0.05, 0.1) is 26.4 Å². The molecule has 1 unspecified atom stereocenters. The number of benzene rings is 2. The lowest BCUT2D eigenvalue weighted by molar-refractivity contribution is 0.0386. The molecule has 0 bridgehead atoms. The summed E-state index contributed by atoms with van der Waals surface area (Å²) in [6.07, 6.45) is -0.749. The molecule has 0 saturated carbocycles. The molecule has 0 aliphatic heterocycles. The van der Waals surface area contributed by atoms with Gasteiger partial charge in [0.15, 0.2) is 0 Å². The predicted octanol–water partition coefficient (Wildman–Crippen LogP) is 2.79. The van der Waals surface area contributed by atoms with Crippen molar-refractivity contribution in [2.24, 2.45) is 0 Å². The second kappa shape index (κ2) is 9.63. The molecule has 0 amide bonds. The fourth-order valence-electron chi connectivity index (χ4n) is 2.52. The van der Waals surface area contributed by atoms with Crippen LogP contribution in [0.4, 0.5) is 4.39 Å². The molecule has 0 saturated heterocycles. The minimum absolute atomic E-state index is 0.0800. The van der Waals surface area contributed by atoms with Crippen LogP contribution in [0.25, 0.3) is 5.69 Å². The highest BCUT2D eigenvalue weighted by molar-refractivity contribution is 7.99. The van der Waals surface area contributed by atoms with E-state index in [0.29, 0.717) is 22.2 Å². The highest BCUT2D eigenvalue weighted by Gasteiger charge is 2.16. The molecule has 9 heteroatoms. The van der Waals surface area contributed by atoms with Crippen LogP contribution in [-0.2, 0) is 11.3 Å². The number of thioether (sulfide) groups is 1. The molecule has 1 N–H and O–H groups in total. The summed E-state index contributed by atoms with van der Waals surface area (Å²) in [5.74, 6) is 0.650. The number of rotatable bonds is 9. The molecular weight excluding hydrogens is 383 g/mol. The van der Waals surface area contributed by atoms with Crippen molar-refractivity contribution in [2.75, 3.05) is 19.5 Å². The van der Waals surface area contributed by atoms with Crippen molar-refractivity contribution in [3.63, 3.8) is 0 Å². The van der Waals surface area contributed by atoms with Crippen LogP contribution in [0.15, 0.2) is 47.6 Å². The van der Waals surface area contributed by atoms with E-state index in [2.05, 4.69) is 15.5 Å². The molecular formula is C19H21FN4O3S. The van der Waals surface area contributed by atoms with Crippen molar-refractivity contribution in [2.45, 2.75) is 24.8 Å². The average molecular weight is 404 g/mol. The zero-order chi connectivity index (χ0) is 19.9. The van der Waals surface area contributed by atoms with Crippen LogP contribution < -0.4 is 4.74 Å². The van der Waals surface area contributed by atoms with Crippen molar-refractivity contribution in [3.8, 4) is 11.4 Å². The van der Waals surface area contributed by atoms with Crippen LogP contribution >= 0.6 is 11.8 Å². The number of aromatic nitrogens is 4. The number of tetrazole rings is 1. The lowest BCUT2D eigenvalue weighted by Gasteiger charge is -2.12. The maximum atomic E-state index is 13.6. The predicted molar refractivity (Wildman–Crippen MR) is 103 cm³/mol. The van der Waals surface area contributed by atoms with Crippen LogP contribution in [0.3, 0.4) is 0 Å². The van der Waals surface area contributed by atoms with Gasteiger partial charge in [-0.1, -0.05) is 36.0 Å². The van der Waals surface area contributed by atoms with Crippen molar-refractivity contribution in [3.05, 3.63) is 59.4 Å². The van der Waals surface area contributed by atoms with E-state index < -0.39 is 6.10 Å². The number of hydrogen-bond donors (Lipinski definition) is 1. The van der Waals surface area contributed by atoms with E-state index in [4.69, 9.17) is 9.47 Å². The minimum Gasteiger partial charge on any atom is -0.494 e. The fraction of sp³-hybridized carbons (Fsp3) is 0.316. The summed E-state index contributed by atoms with van der Waals surface area (Å²) in [7, 11) is 1.59. The first-order valence-electron chi connectivity index (χ1n) is 8.64. The van der Waals surface area contributed by atoms with Gasteiger partial charge >= 0.3 is 0 Å². The normalized spacial score (nSPS) is 12.1. The van der Waals surface area contributed by atoms with E-state index in [1.54, 1.807) is 30.0 Å². The number of nitrogens with zero attached hydrogens (tertiary/aromatic N) is 4. The fourth-order valence-corrected chi connectivity index (χ4v) is 3.31. The Kier molecular flexibility index (Phi) is 6.96. The molecule has 28 heavy (non-hydrogen) atoms. The third-order valence-electron chi connectivity index (χ3n) is 3.93. The maximum Gasteiger partial charge on any atom is 0.214 e. The van der Waals surface area contributed by atoms with Gasteiger partial charge in [-0.3, -0.25) is 0 Å². The average Bonchev–Trinajstić information content (AvgIpc) is 3.16. The van der Waals surface area contributed by atoms with Crippen LogP contribution in [0, 0.1) is 12.7 Å². The molecule has 0 aliphatic carbocycles. The molecule has 3 rings (SSSR count). The van der Waals surface area contributed by atoms with Crippen molar-refractivity contribution in [1.29, 1.82) is 0 Å². The van der Waals surface area contributed by atoms with Gasteiger partial charge in [0.1, 0.15) is 17.3 Å². The van der Waals surface area contributed by atoms with Gasteiger partial charge in [0.25, 0.3) is 0 Å². The second-order valence-electron chi connectivity index (χ2n) is 6.12. The van der Waals surface area contributed by atoms with Gasteiger partial charge in [-0.25, -0.2) is 4.39 Å². The number of ether oxygens (including phenoxy) is 2. The third kappa shape index (κ3) is 5.06. The quantitative estimate of drug-likeness (QED) is 0.549. The third-order valence-corrected chi connectivity index (χ3v) is 5.00. The Labute approximate surface area is 166 Å². The Morgan fingerprint density at radius 2 is 2.07 bits per heavy atom. The molecule has 0 fully saturated rings. The second-order valence-corrected chi connectivity index (χ2v) is 7.11. The number of aryl methyl sites for hydroxylation is 1. The largest absolute Gasteiger partial charge is 0.494 e. The summed E-state index contributed by atoms with van der Waals surface area (Å²) in [5.41, 5.74) is 2.22. The maximum absolute atomic E-state index is 13.6. The van der Waals surface area contributed by atoms with E-state index in [9.17, 15) is 9.50 Å². The van der Waals surface area contributed by atoms with Gasteiger partial charge < -0.3 is 14.6 Å². The zero-order valence-corrected chi connectivity index (χ0v) is 16.4. The number of halogens is 1. The number of aliphatic hydroxyl groups excluding tert-OH is 1. The standard InChI is InChI=1S/C19H21FN4O3S/c1-13-7-8-18(26-2)17(9-13)24-19(21-22-23-24)28-12-15(25)11-27-10-14-5-3-4-6-16(14)20/h3-9,15,25H,10-12H2,1-2H3. The zero-order valence-electron chi connectivity index (χ0n) is 15.6. The highest BCUT2D eigenvalue weighted by Crippen LogP contribution is 2.27. The first-order chi connectivity index (χ1) is 13.6. The monoisotopic (exact) mass is 404 g/mol. The van der Waals surface area contributed by atoms with E-state index >= 15 is 0 Å². The number of methoxy groups -OCH3 is 1. The Morgan fingerprint density at radius 3 is 2.86 bits per heavy atom. The van der Waals surface area contributed by atoms with Gasteiger partial charge in [0.2, 0.25) is 5.16 Å². The van der Waals surface area contributed by atoms with Gasteiger partial charge in [-0.2, -0.15) is 4.68 Å². The summed E-state index contributed by atoms with van der Waals surface area (Å²) in [5, 5.41) is 22.5. The molecule has 1 atom stereocenters. The number of hydrogen-bond acceptors (Lipinski definition) is 7. The Balaban J connectivity index is 1.56. The van der Waals surface area contributed by atoms with Crippen molar-refractivity contribution in [1.82, 2.24) is 20.2 Å². The van der Waals surface area contributed by atoms with Crippen LogP contribution in [0.1, 0.15) is 11.1 Å². The number of aliphatic hydroxyl groups is 1. The molecule has 0 radical (unpaired) electrons. The van der Waals surface area contributed by atoms with E-state index in [1.165, 1.54) is 17.8 Å². The Bertz CT molecular complexity index is 922. The smallest absolute Gasteiger partial charge is 0.214 e. The van der Waals surface area contributed by atoms with Gasteiger partial charge in [-0.15, -0.1) is 5.10 Å². The van der Waals surface area contributed by atoms with Crippen LogP contribution in [-0.4, -0.2) is 50.9 Å². The first kappa shape index (κ1) is 20.2. The Morgan fingerprint density at radius 1 is 1.25 bits per heavy atom. The lowest BCUT2D eigenvalue weighted by Crippen LogP contribution is -2.18. The summed E-state index contributed by atoms with van der Waals surface area (Å²) < 4.78 is 25.9. The van der Waals surface area contributed by atoms with E-state index in [-0.39, 0.29) is 19.0 Å². The SMILES string of the molecule is COc1ccc(C)cc1-n1nnnc1SCC(O)COCc1ccccc1F. The van der Waals surface area contributed by atoms with Gasteiger partial charge in [0, 0.05) is 11.3 Å². The summed E-state index contributed by atoms with van der Waals surface area (Å²) in [6.45, 7) is 2.15. The first-order valence-corrected chi connectivity index (χ1v) is 9.62. The summed E-state index contributed by atoms with van der Waals surface area (Å²) in [4.78, 5) is 0. The molecule has 0 aliphatic rings. The van der Waals surface area contributed by atoms with Crippen LogP contribution in [0.2, 0.25) is 0 Å². The van der Waals surface area contributed by atoms with E-state index in [0.717, 1.165) is 11.3 Å². The summed E-state index contributed by atoms with van der Waals surface area (Å²) >= 11 is 1.30. The molecule has 3 aromatic rings. The minimum atomic E-state index is -0.749.